The van der Waals surface area contributed by atoms with Gasteiger partial charge in [0.1, 0.15) is 5.82 Å². The van der Waals surface area contributed by atoms with Crippen molar-refractivity contribution in [2.24, 2.45) is 0 Å². The summed E-state index contributed by atoms with van der Waals surface area (Å²) in [5.41, 5.74) is 1.12. The SMILES string of the molecule is C=CCCCC[C@H](c1cccc(F)c1)N1CCNCC1. The van der Waals surface area contributed by atoms with Gasteiger partial charge in [-0.15, -0.1) is 6.58 Å². The third-order valence-electron chi connectivity index (χ3n) is 3.96. The van der Waals surface area contributed by atoms with E-state index in [9.17, 15) is 4.39 Å². The minimum absolute atomic E-state index is 0.131. The van der Waals surface area contributed by atoms with Crippen LogP contribution in [0.25, 0.3) is 0 Å². The van der Waals surface area contributed by atoms with Crippen molar-refractivity contribution in [1.29, 1.82) is 0 Å². The van der Waals surface area contributed by atoms with Gasteiger partial charge in [0.05, 0.1) is 0 Å². The van der Waals surface area contributed by atoms with Gasteiger partial charge in [-0.2, -0.15) is 0 Å². The molecule has 0 unspecified atom stereocenters. The monoisotopic (exact) mass is 276 g/mol. The Kier molecular flexibility index (Phi) is 6.22. The summed E-state index contributed by atoms with van der Waals surface area (Å²) in [5, 5.41) is 3.38. The zero-order valence-corrected chi connectivity index (χ0v) is 12.2. The van der Waals surface area contributed by atoms with E-state index < -0.39 is 0 Å². The molecule has 0 saturated carbocycles. The van der Waals surface area contributed by atoms with Crippen LogP contribution in [-0.2, 0) is 0 Å². The summed E-state index contributed by atoms with van der Waals surface area (Å²) in [6.45, 7) is 7.91. The van der Waals surface area contributed by atoms with Crippen molar-refractivity contribution in [1.82, 2.24) is 10.2 Å². The molecule has 0 bridgehead atoms. The Hall–Kier alpha value is -1.19. The fraction of sp³-hybridized carbons (Fsp3) is 0.529. The third-order valence-corrected chi connectivity index (χ3v) is 3.96. The van der Waals surface area contributed by atoms with Gasteiger partial charge in [0, 0.05) is 32.2 Å². The van der Waals surface area contributed by atoms with Crippen LogP contribution in [0.3, 0.4) is 0 Å². The van der Waals surface area contributed by atoms with Crippen molar-refractivity contribution in [2.45, 2.75) is 31.7 Å². The van der Waals surface area contributed by atoms with Gasteiger partial charge in [0.2, 0.25) is 0 Å². The normalized spacial score (nSPS) is 17.9. The summed E-state index contributed by atoms with van der Waals surface area (Å²) in [6, 6.07) is 7.45. The van der Waals surface area contributed by atoms with Gasteiger partial charge in [-0.25, -0.2) is 4.39 Å². The molecule has 1 aromatic rings. The molecule has 1 atom stereocenters. The van der Waals surface area contributed by atoms with Gasteiger partial charge in [-0.05, 0) is 37.0 Å². The van der Waals surface area contributed by atoms with Gasteiger partial charge in [-0.1, -0.05) is 24.6 Å². The maximum atomic E-state index is 13.5. The summed E-state index contributed by atoms with van der Waals surface area (Å²) in [7, 11) is 0. The van der Waals surface area contributed by atoms with Gasteiger partial charge in [0.25, 0.3) is 0 Å². The topological polar surface area (TPSA) is 15.3 Å². The zero-order chi connectivity index (χ0) is 14.2. The van der Waals surface area contributed by atoms with Crippen molar-refractivity contribution >= 4 is 0 Å². The lowest BCUT2D eigenvalue weighted by Gasteiger charge is -2.35. The lowest BCUT2D eigenvalue weighted by Crippen LogP contribution is -2.45. The van der Waals surface area contributed by atoms with E-state index in [0.717, 1.165) is 51.0 Å². The zero-order valence-electron chi connectivity index (χ0n) is 12.2. The van der Waals surface area contributed by atoms with Crippen molar-refractivity contribution < 1.29 is 4.39 Å². The average Bonchev–Trinajstić information content (AvgIpc) is 2.48. The smallest absolute Gasteiger partial charge is 0.123 e. The fourth-order valence-corrected chi connectivity index (χ4v) is 2.89. The molecule has 3 heteroatoms. The van der Waals surface area contributed by atoms with E-state index >= 15 is 0 Å². The highest BCUT2D eigenvalue weighted by molar-refractivity contribution is 5.20. The van der Waals surface area contributed by atoms with E-state index in [1.165, 1.54) is 12.5 Å². The molecule has 0 amide bonds. The second kappa shape index (κ2) is 8.18. The van der Waals surface area contributed by atoms with E-state index in [4.69, 9.17) is 0 Å². The Bertz CT molecular complexity index is 413. The molecular weight excluding hydrogens is 251 g/mol. The summed E-state index contributed by atoms with van der Waals surface area (Å²) < 4.78 is 13.5. The van der Waals surface area contributed by atoms with Crippen LogP contribution in [0.4, 0.5) is 4.39 Å². The first kappa shape index (κ1) is 15.2. The molecule has 1 aliphatic heterocycles. The van der Waals surface area contributed by atoms with Crippen LogP contribution in [-0.4, -0.2) is 31.1 Å². The van der Waals surface area contributed by atoms with Gasteiger partial charge < -0.3 is 5.32 Å². The molecule has 0 spiro atoms. The van der Waals surface area contributed by atoms with E-state index in [2.05, 4.69) is 22.9 Å². The van der Waals surface area contributed by atoms with E-state index in [-0.39, 0.29) is 5.82 Å². The molecule has 0 aliphatic carbocycles. The highest BCUT2D eigenvalue weighted by Crippen LogP contribution is 2.27. The second-order valence-corrected chi connectivity index (χ2v) is 5.43. The first-order chi connectivity index (χ1) is 9.81. The van der Waals surface area contributed by atoms with E-state index in [1.54, 1.807) is 6.07 Å². The van der Waals surface area contributed by atoms with Crippen LogP contribution in [0.1, 0.15) is 37.3 Å². The predicted octanol–water partition coefficient (Wildman–Crippen LogP) is 3.52. The Morgan fingerprint density at radius 1 is 1.30 bits per heavy atom. The Morgan fingerprint density at radius 3 is 2.80 bits per heavy atom. The van der Waals surface area contributed by atoms with Crippen molar-refractivity contribution in [2.75, 3.05) is 26.2 Å². The number of hydrogen-bond acceptors (Lipinski definition) is 2. The molecule has 1 aliphatic rings. The van der Waals surface area contributed by atoms with Gasteiger partial charge in [0.15, 0.2) is 0 Å². The molecule has 1 saturated heterocycles. The summed E-state index contributed by atoms with van der Waals surface area (Å²) in [4.78, 5) is 2.49. The summed E-state index contributed by atoms with van der Waals surface area (Å²) in [5.74, 6) is -0.131. The lowest BCUT2D eigenvalue weighted by atomic mass is 9.98. The Morgan fingerprint density at radius 2 is 2.10 bits per heavy atom. The molecule has 1 aromatic carbocycles. The second-order valence-electron chi connectivity index (χ2n) is 5.43. The van der Waals surface area contributed by atoms with Crippen LogP contribution in [0.2, 0.25) is 0 Å². The molecular formula is C17H25FN2. The number of allylic oxidation sites excluding steroid dienone is 1. The van der Waals surface area contributed by atoms with Crippen molar-refractivity contribution in [3.05, 3.63) is 48.3 Å². The van der Waals surface area contributed by atoms with Crippen LogP contribution in [0, 0.1) is 5.82 Å². The quantitative estimate of drug-likeness (QED) is 0.605. The number of hydrogen-bond donors (Lipinski definition) is 1. The maximum absolute atomic E-state index is 13.5. The molecule has 2 nitrogen and oxygen atoms in total. The first-order valence-electron chi connectivity index (χ1n) is 7.62. The van der Waals surface area contributed by atoms with E-state index in [0.29, 0.717) is 6.04 Å². The van der Waals surface area contributed by atoms with Crippen LogP contribution in [0.15, 0.2) is 36.9 Å². The highest BCUT2D eigenvalue weighted by atomic mass is 19.1. The number of benzene rings is 1. The molecule has 1 fully saturated rings. The molecule has 20 heavy (non-hydrogen) atoms. The van der Waals surface area contributed by atoms with Gasteiger partial charge >= 0.3 is 0 Å². The third kappa shape index (κ3) is 4.43. The standard InChI is InChI=1S/C17H25FN2/c1-2-3-4-5-9-17(20-12-10-19-11-13-20)15-7-6-8-16(18)14-15/h2,6-8,14,17,19H,1,3-5,9-13H2/t17-/m1/s1. The maximum Gasteiger partial charge on any atom is 0.123 e. The van der Waals surface area contributed by atoms with Gasteiger partial charge in [-0.3, -0.25) is 4.90 Å². The van der Waals surface area contributed by atoms with Crippen LogP contribution < -0.4 is 5.32 Å². The Balaban J connectivity index is 2.04. The minimum Gasteiger partial charge on any atom is -0.314 e. The van der Waals surface area contributed by atoms with Crippen LogP contribution in [0.5, 0.6) is 0 Å². The molecule has 1 heterocycles. The molecule has 110 valence electrons. The highest BCUT2D eigenvalue weighted by Gasteiger charge is 2.21. The van der Waals surface area contributed by atoms with E-state index in [1.807, 2.05) is 12.1 Å². The number of nitrogens with one attached hydrogen (secondary N) is 1. The van der Waals surface area contributed by atoms with Crippen LogP contribution >= 0.6 is 0 Å². The predicted molar refractivity (Wildman–Crippen MR) is 82.2 cm³/mol. The first-order valence-corrected chi connectivity index (χ1v) is 7.62. The average molecular weight is 276 g/mol. The number of rotatable bonds is 7. The number of unbranched alkanes of at least 4 members (excludes halogenated alkanes) is 2. The summed E-state index contributed by atoms with van der Waals surface area (Å²) in [6.07, 6.45) is 6.47. The lowest BCUT2D eigenvalue weighted by molar-refractivity contribution is 0.162. The van der Waals surface area contributed by atoms with Crippen molar-refractivity contribution in [3.8, 4) is 0 Å². The number of piperazine rings is 1. The minimum atomic E-state index is -0.131. The Labute approximate surface area is 121 Å². The number of halogens is 1. The van der Waals surface area contributed by atoms with Crippen molar-refractivity contribution in [3.63, 3.8) is 0 Å². The molecule has 2 rings (SSSR count). The summed E-state index contributed by atoms with van der Waals surface area (Å²) >= 11 is 0. The molecule has 1 N–H and O–H groups in total. The number of nitrogens with zero attached hydrogens (tertiary/aromatic N) is 1. The largest absolute Gasteiger partial charge is 0.314 e. The fourth-order valence-electron chi connectivity index (χ4n) is 2.89. The molecule has 0 radical (unpaired) electrons. The molecule has 0 aromatic heterocycles.